The molecule has 2 aromatic carbocycles. The number of hydrogen-bond donors (Lipinski definition) is 0. The van der Waals surface area contributed by atoms with E-state index in [1.807, 2.05) is 84.9 Å². The maximum Gasteiger partial charge on any atom is 0.240 e. The van der Waals surface area contributed by atoms with Gasteiger partial charge in [0.1, 0.15) is 6.04 Å². The summed E-state index contributed by atoms with van der Waals surface area (Å²) in [5.74, 6) is -1.95. The quantitative estimate of drug-likeness (QED) is 0.423. The average molecular weight is 455 g/mol. The van der Waals surface area contributed by atoms with Crippen molar-refractivity contribution in [2.75, 3.05) is 4.90 Å². The molecule has 0 radical (unpaired) electrons. The predicted octanol–water partition coefficient (Wildman–Crippen LogP) is 4.76. The maximum atomic E-state index is 13.9. The molecule has 3 aliphatic heterocycles. The van der Waals surface area contributed by atoms with E-state index in [2.05, 4.69) is 0 Å². The number of benzene rings is 2. The number of fused-ring (bicyclic) bond motifs is 5. The minimum absolute atomic E-state index is 0.102. The number of aryl methyl sites for hydroxylation is 2. The number of nitrogens with zero attached hydrogens (tertiary/aromatic N) is 2. The number of carbonyl (C=O) groups excluding carboxylic acids is 3. The molecule has 33 heavy (non-hydrogen) atoms. The minimum atomic E-state index is -0.728. The van der Waals surface area contributed by atoms with Crippen LogP contribution in [0, 0.1) is 25.7 Å². The zero-order valence-electron chi connectivity index (χ0n) is 18.3. The van der Waals surface area contributed by atoms with Crippen LogP contribution in [0.1, 0.15) is 38.0 Å². The van der Waals surface area contributed by atoms with E-state index in [0.717, 1.165) is 22.3 Å². The van der Waals surface area contributed by atoms with Crippen molar-refractivity contribution in [3.05, 3.63) is 93.3 Å². The van der Waals surface area contributed by atoms with Crippen LogP contribution in [0.15, 0.2) is 66.2 Å². The lowest BCUT2D eigenvalue weighted by atomic mass is 9.84. The number of imide groups is 1. The summed E-state index contributed by atoms with van der Waals surface area (Å²) in [4.78, 5) is 45.3. The molecule has 4 heterocycles. The summed E-state index contributed by atoms with van der Waals surface area (Å²) >= 11 is 1.37. The van der Waals surface area contributed by atoms with Crippen LogP contribution in [0.3, 0.4) is 0 Å². The summed E-state index contributed by atoms with van der Waals surface area (Å²) in [5, 5.41) is 1.86. The Bertz CT molecular complexity index is 1340. The van der Waals surface area contributed by atoms with E-state index >= 15 is 0 Å². The van der Waals surface area contributed by atoms with Crippen LogP contribution in [-0.2, 0) is 9.59 Å². The van der Waals surface area contributed by atoms with Crippen molar-refractivity contribution < 1.29 is 14.4 Å². The molecule has 0 bridgehead atoms. The van der Waals surface area contributed by atoms with Crippen LogP contribution < -0.4 is 4.90 Å². The van der Waals surface area contributed by atoms with Crippen molar-refractivity contribution in [1.29, 1.82) is 0 Å². The fourth-order valence-corrected chi connectivity index (χ4v) is 6.41. The molecular weight excluding hydrogens is 432 g/mol. The molecule has 4 atom stereocenters. The highest BCUT2D eigenvalue weighted by molar-refractivity contribution is 7.12. The molecule has 5 nitrogen and oxygen atoms in total. The van der Waals surface area contributed by atoms with Crippen LogP contribution in [-0.4, -0.2) is 28.5 Å². The Morgan fingerprint density at radius 2 is 1.73 bits per heavy atom. The number of anilines is 1. The van der Waals surface area contributed by atoms with Gasteiger partial charge in [-0.15, -0.1) is 11.3 Å². The van der Waals surface area contributed by atoms with Crippen molar-refractivity contribution in [2.24, 2.45) is 11.8 Å². The summed E-state index contributed by atoms with van der Waals surface area (Å²) in [7, 11) is 0. The molecule has 3 aliphatic rings. The molecule has 6 rings (SSSR count). The van der Waals surface area contributed by atoms with Gasteiger partial charge >= 0.3 is 0 Å². The van der Waals surface area contributed by atoms with Crippen LogP contribution in [0.4, 0.5) is 5.69 Å². The first-order valence-corrected chi connectivity index (χ1v) is 11.9. The van der Waals surface area contributed by atoms with Gasteiger partial charge in [-0.25, -0.2) is 4.90 Å². The third-order valence-electron chi connectivity index (χ3n) is 7.09. The van der Waals surface area contributed by atoms with E-state index in [4.69, 9.17) is 0 Å². The molecule has 2 amide bonds. The zero-order chi connectivity index (χ0) is 22.9. The van der Waals surface area contributed by atoms with Gasteiger partial charge in [-0.3, -0.25) is 14.4 Å². The van der Waals surface area contributed by atoms with Crippen LogP contribution in [0.5, 0.6) is 0 Å². The van der Waals surface area contributed by atoms with Crippen molar-refractivity contribution in [3.63, 3.8) is 0 Å². The molecule has 6 heteroatoms. The predicted molar refractivity (Wildman–Crippen MR) is 128 cm³/mol. The smallest absolute Gasteiger partial charge is 0.240 e. The van der Waals surface area contributed by atoms with E-state index in [9.17, 15) is 14.4 Å². The number of thiophene rings is 1. The van der Waals surface area contributed by atoms with Gasteiger partial charge in [-0.05, 0) is 54.1 Å². The van der Waals surface area contributed by atoms with E-state index in [0.29, 0.717) is 10.6 Å². The van der Waals surface area contributed by atoms with Gasteiger partial charge in [0.05, 0.1) is 28.4 Å². The van der Waals surface area contributed by atoms with Crippen molar-refractivity contribution in [2.45, 2.75) is 25.9 Å². The molecule has 0 unspecified atom stereocenters. The van der Waals surface area contributed by atoms with Crippen LogP contribution in [0.2, 0.25) is 0 Å². The zero-order valence-corrected chi connectivity index (χ0v) is 19.1. The number of Topliss-reactive ketones (excluding diaryl/α,β-unsaturated/α-hetero) is 1. The number of hydrogen-bond acceptors (Lipinski definition) is 5. The Morgan fingerprint density at radius 3 is 2.48 bits per heavy atom. The third-order valence-corrected chi connectivity index (χ3v) is 7.97. The maximum absolute atomic E-state index is 13.9. The molecule has 0 aliphatic carbocycles. The highest BCUT2D eigenvalue weighted by Crippen LogP contribution is 2.54. The van der Waals surface area contributed by atoms with Gasteiger partial charge in [0.25, 0.3) is 0 Å². The molecular formula is C27H22N2O3S. The lowest BCUT2D eigenvalue weighted by molar-refractivity contribution is -0.123. The fraction of sp³-hybridized carbons (Fsp3) is 0.222. The highest BCUT2D eigenvalue weighted by atomic mass is 32.1. The Hall–Kier alpha value is -3.51. The van der Waals surface area contributed by atoms with Gasteiger partial charge in [0.2, 0.25) is 11.8 Å². The lowest BCUT2D eigenvalue weighted by Gasteiger charge is -2.35. The summed E-state index contributed by atoms with van der Waals surface area (Å²) in [6, 6.07) is 16.2. The molecule has 0 saturated carbocycles. The van der Waals surface area contributed by atoms with Gasteiger partial charge < -0.3 is 4.90 Å². The Kier molecular flexibility index (Phi) is 4.42. The first-order chi connectivity index (χ1) is 16.0. The molecule has 2 fully saturated rings. The fourth-order valence-electron chi connectivity index (χ4n) is 5.72. The Labute approximate surface area is 195 Å². The van der Waals surface area contributed by atoms with Crippen LogP contribution in [0.25, 0.3) is 6.08 Å². The second kappa shape index (κ2) is 7.25. The normalized spacial score (nSPS) is 25.3. The van der Waals surface area contributed by atoms with Crippen molar-refractivity contribution >= 4 is 40.7 Å². The number of carbonyl (C=O) groups is 3. The monoisotopic (exact) mass is 454 g/mol. The first-order valence-electron chi connectivity index (χ1n) is 11.0. The minimum Gasteiger partial charge on any atom is -0.358 e. The number of rotatable bonds is 3. The molecule has 0 N–H and O–H groups in total. The van der Waals surface area contributed by atoms with Gasteiger partial charge in [0, 0.05) is 6.20 Å². The second-order valence-electron chi connectivity index (χ2n) is 8.98. The van der Waals surface area contributed by atoms with E-state index in [1.54, 1.807) is 6.07 Å². The molecule has 0 spiro atoms. The van der Waals surface area contributed by atoms with Gasteiger partial charge in [-0.1, -0.05) is 48.0 Å². The SMILES string of the molecule is Cc1ccc(N2C(=O)[C@@H]3[C@H](C2=O)[C@@H]2c4ccccc4C=CN2[C@H]3C(=O)c2cccs2)c(C)c1. The molecule has 2 saturated heterocycles. The first kappa shape index (κ1) is 20.1. The topological polar surface area (TPSA) is 57.7 Å². The number of ketones is 1. The van der Waals surface area contributed by atoms with Gasteiger partial charge in [-0.2, -0.15) is 0 Å². The Morgan fingerprint density at radius 1 is 0.939 bits per heavy atom. The highest BCUT2D eigenvalue weighted by Gasteiger charge is 2.64. The Balaban J connectivity index is 1.51. The number of amides is 2. The third kappa shape index (κ3) is 2.80. The molecule has 1 aromatic heterocycles. The van der Waals surface area contributed by atoms with Crippen LogP contribution >= 0.6 is 11.3 Å². The molecule has 164 valence electrons. The van der Waals surface area contributed by atoms with Crippen molar-refractivity contribution in [1.82, 2.24) is 4.90 Å². The van der Waals surface area contributed by atoms with Crippen molar-refractivity contribution in [3.8, 4) is 0 Å². The summed E-state index contributed by atoms with van der Waals surface area (Å²) < 4.78 is 0. The average Bonchev–Trinajstić information content (AvgIpc) is 3.51. The van der Waals surface area contributed by atoms with E-state index in [-0.39, 0.29) is 23.6 Å². The summed E-state index contributed by atoms with van der Waals surface area (Å²) in [6.45, 7) is 3.90. The van der Waals surface area contributed by atoms with Gasteiger partial charge in [0.15, 0.2) is 5.78 Å². The molecule has 3 aromatic rings. The summed E-state index contributed by atoms with van der Waals surface area (Å²) in [6.07, 6.45) is 3.86. The largest absolute Gasteiger partial charge is 0.358 e. The van der Waals surface area contributed by atoms with E-state index < -0.39 is 17.9 Å². The standard InChI is InChI=1S/C27H22N2O3S/c1-15-9-10-19(16(2)14-15)29-26(31)21-22(27(29)32)24(25(30)20-8-5-13-33-20)28-12-11-17-6-3-4-7-18(17)23(21)28/h3-14,21-24H,1-2H3/t21-,22+,23-,24+/m0/s1. The lowest BCUT2D eigenvalue weighted by Crippen LogP contribution is -2.44. The van der Waals surface area contributed by atoms with E-state index in [1.165, 1.54) is 16.2 Å². The second-order valence-corrected chi connectivity index (χ2v) is 9.92. The summed E-state index contributed by atoms with van der Waals surface area (Å²) in [5.41, 5.74) is 4.56.